The monoisotopic (exact) mass is 459 g/mol. The number of aryl methyl sites for hydroxylation is 1. The standard InChI is InChI=1S/C21H25N5O5S/c1-4-25(5-2)32(30,31)16-10-11-20(28)24(13-16)14-19(27)23-17-8-6-7-9-18(17)26-15(3)12-22-21(26)29/h6-13H,4-5,14H2,1-3H3,(H,22,29)(H,23,27). The van der Waals surface area contributed by atoms with Crippen molar-refractivity contribution in [3.05, 3.63) is 75.3 Å². The number of imidazole rings is 1. The largest absolute Gasteiger partial charge is 0.330 e. The first-order chi connectivity index (χ1) is 15.2. The third kappa shape index (κ3) is 4.58. The Balaban J connectivity index is 1.89. The van der Waals surface area contributed by atoms with E-state index in [1.54, 1.807) is 51.2 Å². The summed E-state index contributed by atoms with van der Waals surface area (Å²) in [5.74, 6) is -0.543. The Morgan fingerprint density at radius 2 is 1.78 bits per heavy atom. The Hall–Kier alpha value is -3.44. The minimum absolute atomic E-state index is 0.0662. The van der Waals surface area contributed by atoms with Gasteiger partial charge in [-0.3, -0.25) is 14.2 Å². The normalized spacial score (nSPS) is 11.6. The van der Waals surface area contributed by atoms with Gasteiger partial charge >= 0.3 is 5.69 Å². The van der Waals surface area contributed by atoms with E-state index in [1.165, 1.54) is 21.1 Å². The van der Waals surface area contributed by atoms with Gasteiger partial charge in [-0.05, 0) is 25.1 Å². The summed E-state index contributed by atoms with van der Waals surface area (Å²) in [5, 5.41) is 2.70. The molecule has 0 fully saturated rings. The molecule has 0 atom stereocenters. The number of amides is 1. The fraction of sp³-hybridized carbons (Fsp3) is 0.286. The third-order valence-corrected chi connectivity index (χ3v) is 7.03. The van der Waals surface area contributed by atoms with Crippen LogP contribution in [0.4, 0.5) is 5.69 Å². The molecule has 0 aliphatic heterocycles. The fourth-order valence-electron chi connectivity index (χ4n) is 3.37. The minimum atomic E-state index is -3.78. The molecule has 0 saturated carbocycles. The number of pyridine rings is 1. The van der Waals surface area contributed by atoms with Crippen LogP contribution in [0.1, 0.15) is 19.5 Å². The highest BCUT2D eigenvalue weighted by Crippen LogP contribution is 2.20. The topological polar surface area (TPSA) is 126 Å². The van der Waals surface area contributed by atoms with Gasteiger partial charge in [-0.15, -0.1) is 0 Å². The van der Waals surface area contributed by atoms with E-state index >= 15 is 0 Å². The van der Waals surface area contributed by atoms with E-state index in [1.807, 2.05) is 0 Å². The number of rotatable bonds is 8. The van der Waals surface area contributed by atoms with Crippen molar-refractivity contribution in [2.45, 2.75) is 32.2 Å². The fourth-order valence-corrected chi connectivity index (χ4v) is 4.85. The molecule has 0 unspecified atom stereocenters. The third-order valence-electron chi connectivity index (χ3n) is 4.99. The number of carbonyl (C=O) groups excluding carboxylic acids is 1. The van der Waals surface area contributed by atoms with Crippen molar-refractivity contribution >= 4 is 21.6 Å². The SMILES string of the molecule is CCN(CC)S(=O)(=O)c1ccc(=O)n(CC(=O)Nc2ccccc2-n2c(C)c[nH]c2=O)c1. The van der Waals surface area contributed by atoms with E-state index in [9.17, 15) is 22.8 Å². The molecule has 0 aliphatic rings. The molecule has 2 aromatic heterocycles. The highest BCUT2D eigenvalue weighted by Gasteiger charge is 2.22. The lowest BCUT2D eigenvalue weighted by molar-refractivity contribution is -0.116. The molecular weight excluding hydrogens is 434 g/mol. The Bertz CT molecular complexity index is 1350. The molecule has 2 N–H and O–H groups in total. The molecule has 32 heavy (non-hydrogen) atoms. The lowest BCUT2D eigenvalue weighted by atomic mass is 10.2. The van der Waals surface area contributed by atoms with Crippen LogP contribution in [0, 0.1) is 6.92 Å². The lowest BCUT2D eigenvalue weighted by Gasteiger charge is -2.19. The van der Waals surface area contributed by atoms with Crippen LogP contribution in [0.15, 0.2) is 63.3 Å². The lowest BCUT2D eigenvalue weighted by Crippen LogP contribution is -2.33. The molecule has 10 nitrogen and oxygen atoms in total. The Labute approximate surface area is 185 Å². The van der Waals surface area contributed by atoms with Crippen molar-refractivity contribution < 1.29 is 13.2 Å². The van der Waals surface area contributed by atoms with Crippen molar-refractivity contribution in [1.29, 1.82) is 0 Å². The average Bonchev–Trinajstić information content (AvgIpc) is 3.08. The highest BCUT2D eigenvalue weighted by atomic mass is 32.2. The smallest absolute Gasteiger partial charge is 0.323 e. The van der Waals surface area contributed by atoms with Crippen molar-refractivity contribution in [2.75, 3.05) is 18.4 Å². The zero-order chi connectivity index (χ0) is 23.5. The first-order valence-electron chi connectivity index (χ1n) is 10.1. The number of hydrogen-bond acceptors (Lipinski definition) is 5. The van der Waals surface area contributed by atoms with Crippen molar-refractivity contribution in [1.82, 2.24) is 18.4 Å². The van der Waals surface area contributed by atoms with E-state index in [4.69, 9.17) is 0 Å². The molecule has 3 rings (SSSR count). The second-order valence-corrected chi connectivity index (χ2v) is 8.99. The molecule has 0 aliphatic carbocycles. The maximum absolute atomic E-state index is 12.7. The summed E-state index contributed by atoms with van der Waals surface area (Å²) < 4.78 is 29.2. The maximum Gasteiger partial charge on any atom is 0.330 e. The van der Waals surface area contributed by atoms with Gasteiger partial charge in [0, 0.05) is 37.2 Å². The van der Waals surface area contributed by atoms with E-state index in [-0.39, 0.29) is 23.7 Å². The molecule has 1 amide bonds. The van der Waals surface area contributed by atoms with Crippen LogP contribution in [-0.2, 0) is 21.4 Å². The predicted molar refractivity (Wildman–Crippen MR) is 121 cm³/mol. The Morgan fingerprint density at radius 3 is 2.41 bits per heavy atom. The minimum Gasteiger partial charge on any atom is -0.323 e. The summed E-state index contributed by atoms with van der Waals surface area (Å²) >= 11 is 0. The number of nitrogens with one attached hydrogen (secondary N) is 2. The molecule has 11 heteroatoms. The number of para-hydroxylation sites is 2. The van der Waals surface area contributed by atoms with Gasteiger partial charge in [0.2, 0.25) is 15.9 Å². The number of carbonyl (C=O) groups is 1. The number of hydrogen-bond donors (Lipinski definition) is 2. The second-order valence-electron chi connectivity index (χ2n) is 7.06. The van der Waals surface area contributed by atoms with Gasteiger partial charge in [0.1, 0.15) is 6.54 Å². The van der Waals surface area contributed by atoms with Crippen molar-refractivity contribution in [2.24, 2.45) is 0 Å². The van der Waals surface area contributed by atoms with Crippen LogP contribution in [0.3, 0.4) is 0 Å². The van der Waals surface area contributed by atoms with Crippen molar-refractivity contribution in [3.8, 4) is 5.69 Å². The molecule has 0 saturated heterocycles. The number of anilines is 1. The molecule has 170 valence electrons. The van der Waals surface area contributed by atoms with E-state index in [0.29, 0.717) is 17.1 Å². The Kier molecular flexibility index (Phi) is 6.80. The zero-order valence-electron chi connectivity index (χ0n) is 18.0. The second kappa shape index (κ2) is 9.37. The molecule has 1 aromatic carbocycles. The Morgan fingerprint density at radius 1 is 1.09 bits per heavy atom. The quantitative estimate of drug-likeness (QED) is 0.525. The molecule has 3 aromatic rings. The number of aromatic nitrogens is 3. The number of aromatic amines is 1. The zero-order valence-corrected chi connectivity index (χ0v) is 18.8. The number of H-pyrrole nitrogens is 1. The van der Waals surface area contributed by atoms with Crippen LogP contribution in [0.5, 0.6) is 0 Å². The van der Waals surface area contributed by atoms with Gasteiger partial charge in [0.15, 0.2) is 0 Å². The molecular formula is C21H25N5O5S. The first kappa shape index (κ1) is 23.2. The number of sulfonamides is 1. The number of benzene rings is 1. The molecule has 0 bridgehead atoms. The van der Waals surface area contributed by atoms with Crippen LogP contribution < -0.4 is 16.6 Å². The summed E-state index contributed by atoms with van der Waals surface area (Å²) in [6, 6.07) is 9.12. The van der Waals surface area contributed by atoms with Gasteiger partial charge in [-0.2, -0.15) is 4.31 Å². The highest BCUT2D eigenvalue weighted by molar-refractivity contribution is 7.89. The van der Waals surface area contributed by atoms with Crippen molar-refractivity contribution in [3.63, 3.8) is 0 Å². The van der Waals surface area contributed by atoms with E-state index < -0.39 is 28.0 Å². The molecule has 0 radical (unpaired) electrons. The van der Waals surface area contributed by atoms with Gasteiger partial charge in [-0.1, -0.05) is 26.0 Å². The van der Waals surface area contributed by atoms with Crippen LogP contribution in [-0.4, -0.2) is 45.8 Å². The average molecular weight is 460 g/mol. The van der Waals surface area contributed by atoms with Crippen LogP contribution >= 0.6 is 0 Å². The summed E-state index contributed by atoms with van der Waals surface area (Å²) in [4.78, 5) is 39.6. The summed E-state index contributed by atoms with van der Waals surface area (Å²) in [7, 11) is -3.78. The summed E-state index contributed by atoms with van der Waals surface area (Å²) in [5.41, 5.74) is 0.638. The van der Waals surface area contributed by atoms with Gasteiger partial charge in [0.05, 0.1) is 16.3 Å². The molecule has 0 spiro atoms. The molecule has 2 heterocycles. The van der Waals surface area contributed by atoms with Gasteiger partial charge in [-0.25, -0.2) is 13.2 Å². The van der Waals surface area contributed by atoms with Crippen LogP contribution in [0.25, 0.3) is 5.69 Å². The van der Waals surface area contributed by atoms with Gasteiger partial charge in [0.25, 0.3) is 5.56 Å². The summed E-state index contributed by atoms with van der Waals surface area (Å²) in [6.07, 6.45) is 2.73. The van der Waals surface area contributed by atoms with E-state index in [2.05, 4.69) is 10.3 Å². The van der Waals surface area contributed by atoms with Gasteiger partial charge < -0.3 is 14.9 Å². The first-order valence-corrected chi connectivity index (χ1v) is 11.5. The van der Waals surface area contributed by atoms with Crippen LogP contribution in [0.2, 0.25) is 0 Å². The maximum atomic E-state index is 12.7. The number of nitrogens with zero attached hydrogens (tertiary/aromatic N) is 3. The summed E-state index contributed by atoms with van der Waals surface area (Å²) in [6.45, 7) is 5.37. The predicted octanol–water partition coefficient (Wildman–Crippen LogP) is 1.30. The van der Waals surface area contributed by atoms with E-state index in [0.717, 1.165) is 10.6 Å².